The average Bonchev–Trinajstić information content (AvgIpc) is 2.29. The lowest BCUT2D eigenvalue weighted by atomic mass is 10.3. The average molecular weight is 246 g/mol. The van der Waals surface area contributed by atoms with Crippen molar-refractivity contribution >= 4 is 24.2 Å². The number of ether oxygens (including phenoxy) is 2. The fourth-order valence-corrected chi connectivity index (χ4v) is 0.841. The molecule has 0 aromatic carbocycles. The predicted octanol–water partition coefficient (Wildman–Crippen LogP) is -0.0833. The van der Waals surface area contributed by atoms with Gasteiger partial charge in [-0.1, -0.05) is 0 Å². The van der Waals surface area contributed by atoms with Crippen LogP contribution in [0.15, 0.2) is 0 Å². The van der Waals surface area contributed by atoms with Gasteiger partial charge in [-0.25, -0.2) is 0 Å². The summed E-state index contributed by atoms with van der Waals surface area (Å²) in [6.45, 7) is -0.220. The molecule has 0 spiro atoms. The number of aliphatic carboxylic acids is 1. The molecular weight excluding hydrogens is 232 g/mol. The van der Waals surface area contributed by atoms with E-state index in [2.05, 4.69) is 9.47 Å². The fourth-order valence-electron chi connectivity index (χ4n) is 0.841. The van der Waals surface area contributed by atoms with Crippen LogP contribution in [-0.2, 0) is 28.7 Å². The molecule has 0 saturated heterocycles. The second kappa shape index (κ2) is 9.32. The Morgan fingerprint density at radius 3 is 1.94 bits per heavy atom. The summed E-state index contributed by atoms with van der Waals surface area (Å²) < 4.78 is 9.23. The molecule has 0 amide bonds. The van der Waals surface area contributed by atoms with Crippen LogP contribution in [0.1, 0.15) is 25.7 Å². The van der Waals surface area contributed by atoms with E-state index in [0.717, 1.165) is 0 Å². The highest BCUT2D eigenvalue weighted by Gasteiger charge is 2.07. The molecule has 1 N–H and O–H groups in total. The first-order valence-corrected chi connectivity index (χ1v) is 5.03. The van der Waals surface area contributed by atoms with E-state index in [4.69, 9.17) is 5.11 Å². The second-order valence-electron chi connectivity index (χ2n) is 3.04. The Bertz CT molecular complexity index is 284. The van der Waals surface area contributed by atoms with Crippen molar-refractivity contribution in [2.24, 2.45) is 0 Å². The van der Waals surface area contributed by atoms with Crippen molar-refractivity contribution in [2.75, 3.05) is 13.2 Å². The molecule has 0 atom stereocenters. The van der Waals surface area contributed by atoms with Crippen LogP contribution in [0.3, 0.4) is 0 Å². The predicted molar refractivity (Wildman–Crippen MR) is 54.1 cm³/mol. The lowest BCUT2D eigenvalue weighted by Crippen LogP contribution is -2.14. The normalized spacial score (nSPS) is 9.41. The van der Waals surface area contributed by atoms with Gasteiger partial charge in [-0.05, 0) is 0 Å². The molecule has 0 heterocycles. The van der Waals surface area contributed by atoms with Crippen molar-refractivity contribution in [2.45, 2.75) is 25.7 Å². The molecule has 0 aromatic rings. The van der Waals surface area contributed by atoms with E-state index in [1.807, 2.05) is 0 Å². The van der Waals surface area contributed by atoms with Crippen LogP contribution >= 0.6 is 0 Å². The quantitative estimate of drug-likeness (QED) is 0.344. The van der Waals surface area contributed by atoms with E-state index >= 15 is 0 Å². The Labute approximate surface area is 97.7 Å². The van der Waals surface area contributed by atoms with E-state index in [-0.39, 0.29) is 38.9 Å². The van der Waals surface area contributed by atoms with Gasteiger partial charge in [0.1, 0.15) is 19.5 Å². The Hall–Kier alpha value is -1.92. The number of rotatable bonds is 9. The van der Waals surface area contributed by atoms with Crippen LogP contribution in [-0.4, -0.2) is 42.5 Å². The van der Waals surface area contributed by atoms with Crippen molar-refractivity contribution in [3.63, 3.8) is 0 Å². The highest BCUT2D eigenvalue weighted by atomic mass is 16.6. The van der Waals surface area contributed by atoms with Gasteiger partial charge in [-0.3, -0.25) is 14.4 Å². The van der Waals surface area contributed by atoms with E-state index in [1.54, 1.807) is 0 Å². The monoisotopic (exact) mass is 246 g/mol. The highest BCUT2D eigenvalue weighted by Crippen LogP contribution is 1.94. The van der Waals surface area contributed by atoms with E-state index in [0.29, 0.717) is 6.29 Å². The molecule has 7 nitrogen and oxygen atoms in total. The summed E-state index contributed by atoms with van der Waals surface area (Å²) in [6.07, 6.45) is 0.188. The molecule has 0 unspecified atom stereocenters. The number of carboxylic acid groups (broad SMARTS) is 1. The van der Waals surface area contributed by atoms with Crippen LogP contribution in [0.25, 0.3) is 0 Å². The highest BCUT2D eigenvalue weighted by molar-refractivity contribution is 5.76. The summed E-state index contributed by atoms with van der Waals surface area (Å²) in [7, 11) is 0. The molecule has 96 valence electrons. The molecule has 7 heteroatoms. The van der Waals surface area contributed by atoms with Gasteiger partial charge in [0, 0.05) is 6.42 Å². The number of hydrogen-bond donors (Lipinski definition) is 1. The summed E-state index contributed by atoms with van der Waals surface area (Å²) in [5.74, 6) is -2.28. The lowest BCUT2D eigenvalue weighted by molar-refractivity contribution is -0.153. The first-order chi connectivity index (χ1) is 8.06. The number of hydrogen-bond acceptors (Lipinski definition) is 6. The Morgan fingerprint density at radius 1 is 0.941 bits per heavy atom. The molecule has 0 saturated carbocycles. The molecule has 0 fully saturated rings. The van der Waals surface area contributed by atoms with E-state index in [9.17, 15) is 19.2 Å². The van der Waals surface area contributed by atoms with Gasteiger partial charge >= 0.3 is 17.9 Å². The molecule has 0 radical (unpaired) electrons. The third-order valence-corrected chi connectivity index (χ3v) is 1.62. The van der Waals surface area contributed by atoms with Crippen LogP contribution < -0.4 is 0 Å². The second-order valence-corrected chi connectivity index (χ2v) is 3.04. The smallest absolute Gasteiger partial charge is 0.306 e. The number of esters is 2. The Kier molecular flexibility index (Phi) is 8.26. The van der Waals surface area contributed by atoms with Gasteiger partial charge in [0.15, 0.2) is 0 Å². The van der Waals surface area contributed by atoms with Crippen LogP contribution in [0.2, 0.25) is 0 Å². The number of carboxylic acids is 1. The molecular formula is C10H14O7. The van der Waals surface area contributed by atoms with Crippen molar-refractivity contribution in [3.05, 3.63) is 0 Å². The standard InChI is InChI=1S/C10H14O7/c11-5-1-2-9(14)16-6-7-17-10(15)4-3-8(12)13/h5H,1-4,6-7H2,(H,12,13). The molecule has 0 aromatic heterocycles. The molecule has 0 aliphatic heterocycles. The number of carbonyl (C=O) groups excluding carboxylic acids is 3. The van der Waals surface area contributed by atoms with E-state index < -0.39 is 17.9 Å². The number of carbonyl (C=O) groups is 4. The van der Waals surface area contributed by atoms with Crippen molar-refractivity contribution in [1.29, 1.82) is 0 Å². The first-order valence-electron chi connectivity index (χ1n) is 5.03. The zero-order valence-electron chi connectivity index (χ0n) is 9.22. The Morgan fingerprint density at radius 2 is 1.47 bits per heavy atom. The Balaban J connectivity index is 3.44. The van der Waals surface area contributed by atoms with Gasteiger partial charge < -0.3 is 19.4 Å². The van der Waals surface area contributed by atoms with Gasteiger partial charge in [0.25, 0.3) is 0 Å². The fraction of sp³-hybridized carbons (Fsp3) is 0.600. The maximum absolute atomic E-state index is 10.9. The molecule has 0 aliphatic rings. The lowest BCUT2D eigenvalue weighted by Gasteiger charge is -2.05. The van der Waals surface area contributed by atoms with Crippen molar-refractivity contribution in [1.82, 2.24) is 0 Å². The number of aldehydes is 1. The SMILES string of the molecule is O=CCCC(=O)OCCOC(=O)CCC(=O)O. The maximum Gasteiger partial charge on any atom is 0.306 e. The third-order valence-electron chi connectivity index (χ3n) is 1.62. The van der Waals surface area contributed by atoms with E-state index in [1.165, 1.54) is 0 Å². The minimum atomic E-state index is -1.08. The van der Waals surface area contributed by atoms with Crippen LogP contribution in [0.4, 0.5) is 0 Å². The molecule has 0 rings (SSSR count). The van der Waals surface area contributed by atoms with Gasteiger partial charge in [0.05, 0.1) is 19.3 Å². The summed E-state index contributed by atoms with van der Waals surface area (Å²) in [4.78, 5) is 41.8. The minimum Gasteiger partial charge on any atom is -0.481 e. The topological polar surface area (TPSA) is 107 Å². The van der Waals surface area contributed by atoms with Crippen molar-refractivity contribution in [3.8, 4) is 0 Å². The zero-order valence-corrected chi connectivity index (χ0v) is 9.22. The zero-order chi connectivity index (χ0) is 13.1. The van der Waals surface area contributed by atoms with Gasteiger partial charge in [-0.2, -0.15) is 0 Å². The largest absolute Gasteiger partial charge is 0.481 e. The summed E-state index contributed by atoms with van der Waals surface area (Å²) in [5.41, 5.74) is 0. The van der Waals surface area contributed by atoms with Crippen molar-refractivity contribution < 1.29 is 33.8 Å². The summed E-state index contributed by atoms with van der Waals surface area (Å²) in [5, 5.41) is 8.28. The third kappa shape index (κ3) is 10.4. The summed E-state index contributed by atoms with van der Waals surface area (Å²) in [6, 6.07) is 0. The molecule has 0 aliphatic carbocycles. The van der Waals surface area contributed by atoms with Gasteiger partial charge in [-0.15, -0.1) is 0 Å². The summed E-state index contributed by atoms with van der Waals surface area (Å²) >= 11 is 0. The first kappa shape index (κ1) is 15.1. The minimum absolute atomic E-state index is 0.00351. The van der Waals surface area contributed by atoms with Crippen LogP contribution in [0, 0.1) is 0 Å². The van der Waals surface area contributed by atoms with Gasteiger partial charge in [0.2, 0.25) is 0 Å². The van der Waals surface area contributed by atoms with Crippen LogP contribution in [0.5, 0.6) is 0 Å². The molecule has 0 bridgehead atoms. The maximum atomic E-state index is 10.9. The molecule has 17 heavy (non-hydrogen) atoms.